The molecule has 2 atom stereocenters. The third-order valence-corrected chi connectivity index (χ3v) is 6.06. The number of halogens is 1. The van der Waals surface area contributed by atoms with Gasteiger partial charge in [-0.15, -0.1) is 0 Å². The smallest absolute Gasteiger partial charge is 0.306 e. The summed E-state index contributed by atoms with van der Waals surface area (Å²) in [5.41, 5.74) is 1.70. The lowest BCUT2D eigenvalue weighted by Crippen LogP contribution is -2.24. The van der Waals surface area contributed by atoms with Gasteiger partial charge in [0.2, 0.25) is 5.91 Å². The Morgan fingerprint density at radius 3 is 2.44 bits per heavy atom. The first kappa shape index (κ1) is 21.7. The quantitative estimate of drug-likeness (QED) is 0.524. The van der Waals surface area contributed by atoms with Crippen molar-refractivity contribution in [2.45, 2.75) is 31.3 Å². The van der Waals surface area contributed by atoms with E-state index in [9.17, 15) is 24.2 Å². The molecule has 4 rings (SSSR count). The van der Waals surface area contributed by atoms with Crippen LogP contribution in [0.25, 0.3) is 11.1 Å². The van der Waals surface area contributed by atoms with Crippen LogP contribution in [0.4, 0.5) is 10.1 Å². The number of carbonyl (C=O) groups excluding carboxylic acids is 1. The number of hydrogen-bond donors (Lipinski definition) is 3. The van der Waals surface area contributed by atoms with Gasteiger partial charge in [-0.1, -0.05) is 60.7 Å². The van der Waals surface area contributed by atoms with E-state index in [1.54, 1.807) is 30.3 Å². The van der Waals surface area contributed by atoms with Crippen molar-refractivity contribution in [2.24, 2.45) is 5.92 Å². The second kappa shape index (κ2) is 8.93. The summed E-state index contributed by atoms with van der Waals surface area (Å²) < 4.78 is 14.0. The van der Waals surface area contributed by atoms with Gasteiger partial charge in [-0.2, -0.15) is 0 Å². The molecular weight excluding hydrogens is 409 g/mol. The van der Waals surface area contributed by atoms with Gasteiger partial charge in [0, 0.05) is 11.3 Å². The molecule has 3 aromatic rings. The van der Waals surface area contributed by atoms with Gasteiger partial charge in [0.05, 0.1) is 17.9 Å². The van der Waals surface area contributed by atoms with E-state index in [-0.39, 0.29) is 18.7 Å². The summed E-state index contributed by atoms with van der Waals surface area (Å²) >= 11 is 0. The molecule has 0 radical (unpaired) electrons. The van der Waals surface area contributed by atoms with Crippen LogP contribution < -0.4 is 5.32 Å². The molecule has 0 saturated heterocycles. The zero-order valence-corrected chi connectivity index (χ0v) is 17.4. The van der Waals surface area contributed by atoms with Crippen molar-refractivity contribution >= 4 is 17.6 Å². The van der Waals surface area contributed by atoms with Crippen LogP contribution in [-0.4, -0.2) is 22.1 Å². The molecule has 6 heteroatoms. The Morgan fingerprint density at radius 2 is 1.75 bits per heavy atom. The first-order valence-corrected chi connectivity index (χ1v) is 10.5. The third kappa shape index (κ3) is 4.55. The second-order valence-corrected chi connectivity index (χ2v) is 8.25. The zero-order chi connectivity index (χ0) is 22.7. The highest BCUT2D eigenvalue weighted by Crippen LogP contribution is 2.44. The summed E-state index contributed by atoms with van der Waals surface area (Å²) in [5.74, 6) is -2.35. The lowest BCUT2D eigenvalue weighted by atomic mass is 9.88. The Bertz CT molecular complexity index is 1150. The minimum Gasteiger partial charge on any atom is -0.481 e. The van der Waals surface area contributed by atoms with E-state index in [4.69, 9.17) is 0 Å². The fourth-order valence-electron chi connectivity index (χ4n) is 4.31. The van der Waals surface area contributed by atoms with Gasteiger partial charge in [0.15, 0.2) is 0 Å². The number of aliphatic carboxylic acids is 1. The number of carboxylic acid groups (broad SMARTS) is 1. The van der Waals surface area contributed by atoms with Gasteiger partial charge in [0.1, 0.15) is 5.82 Å². The van der Waals surface area contributed by atoms with E-state index in [1.165, 1.54) is 6.07 Å². The Hall–Kier alpha value is -3.51. The fraction of sp³-hybridized carbons (Fsp3) is 0.231. The summed E-state index contributed by atoms with van der Waals surface area (Å²) in [7, 11) is 0. The highest BCUT2D eigenvalue weighted by Gasteiger charge is 2.42. The summed E-state index contributed by atoms with van der Waals surface area (Å²) in [6.45, 7) is 0. The number of nitrogens with one attached hydrogen (secondary N) is 1. The average Bonchev–Trinajstić information content (AvgIpc) is 3.20. The number of hydrogen-bond acceptors (Lipinski definition) is 3. The molecule has 1 saturated carbocycles. The standard InChI is InChI=1S/C26H24FNO4/c27-22-9-5-4-8-18(22)14-24(29)28-23-15-20(26(32)13-12-19(16-26)25(30)31)10-11-21(23)17-6-2-1-3-7-17/h1-11,15,19,32H,12-14,16H2,(H,28,29)(H,30,31). The Kier molecular flexibility index (Phi) is 6.06. The molecule has 5 nitrogen and oxygen atoms in total. The number of amides is 1. The molecular formula is C26H24FNO4. The molecule has 1 fully saturated rings. The maximum Gasteiger partial charge on any atom is 0.306 e. The minimum absolute atomic E-state index is 0.121. The van der Waals surface area contributed by atoms with Crippen LogP contribution in [0.15, 0.2) is 72.8 Å². The molecule has 0 heterocycles. The van der Waals surface area contributed by atoms with E-state index in [0.717, 1.165) is 11.1 Å². The summed E-state index contributed by atoms with van der Waals surface area (Å²) in [5, 5.41) is 23.3. The average molecular weight is 433 g/mol. The SMILES string of the molecule is O=C(Cc1ccccc1F)Nc1cc(C2(O)CCC(C(=O)O)C2)ccc1-c1ccccc1. The molecule has 1 aliphatic carbocycles. The normalized spacial score (nSPS) is 20.1. The van der Waals surface area contributed by atoms with Gasteiger partial charge in [0.25, 0.3) is 0 Å². The van der Waals surface area contributed by atoms with Crippen molar-refractivity contribution in [3.05, 3.63) is 89.7 Å². The fourth-order valence-corrected chi connectivity index (χ4v) is 4.31. The molecule has 3 N–H and O–H groups in total. The van der Waals surface area contributed by atoms with Crippen LogP contribution >= 0.6 is 0 Å². The van der Waals surface area contributed by atoms with Crippen LogP contribution in [0.2, 0.25) is 0 Å². The van der Waals surface area contributed by atoms with Crippen LogP contribution in [0.3, 0.4) is 0 Å². The van der Waals surface area contributed by atoms with Gasteiger partial charge >= 0.3 is 5.97 Å². The first-order chi connectivity index (χ1) is 15.4. The van der Waals surface area contributed by atoms with Crippen molar-refractivity contribution in [3.63, 3.8) is 0 Å². The summed E-state index contributed by atoms with van der Waals surface area (Å²) in [6, 6.07) is 20.9. The molecule has 0 aliphatic heterocycles. The number of anilines is 1. The topological polar surface area (TPSA) is 86.6 Å². The van der Waals surface area contributed by atoms with E-state index in [2.05, 4.69) is 5.32 Å². The van der Waals surface area contributed by atoms with Gasteiger partial charge < -0.3 is 15.5 Å². The first-order valence-electron chi connectivity index (χ1n) is 10.5. The van der Waals surface area contributed by atoms with Crippen LogP contribution in [0.1, 0.15) is 30.4 Å². The third-order valence-electron chi connectivity index (χ3n) is 6.06. The Labute approximate surface area is 185 Å². The maximum absolute atomic E-state index is 14.0. The molecule has 1 amide bonds. The number of aliphatic hydroxyl groups is 1. The molecule has 164 valence electrons. The Balaban J connectivity index is 1.66. The maximum atomic E-state index is 14.0. The highest BCUT2D eigenvalue weighted by atomic mass is 19.1. The Morgan fingerprint density at radius 1 is 1.03 bits per heavy atom. The van der Waals surface area contributed by atoms with Gasteiger partial charge in [-0.3, -0.25) is 9.59 Å². The predicted molar refractivity (Wildman–Crippen MR) is 119 cm³/mol. The van der Waals surface area contributed by atoms with Crippen molar-refractivity contribution in [1.29, 1.82) is 0 Å². The summed E-state index contributed by atoms with van der Waals surface area (Å²) in [6.07, 6.45) is 0.713. The highest BCUT2D eigenvalue weighted by molar-refractivity contribution is 5.96. The van der Waals surface area contributed by atoms with Crippen LogP contribution in [-0.2, 0) is 21.6 Å². The molecule has 3 aromatic carbocycles. The molecule has 0 spiro atoms. The molecule has 32 heavy (non-hydrogen) atoms. The molecule has 0 bridgehead atoms. The lowest BCUT2D eigenvalue weighted by Gasteiger charge is -2.25. The van der Waals surface area contributed by atoms with Crippen molar-refractivity contribution < 1.29 is 24.2 Å². The van der Waals surface area contributed by atoms with E-state index < -0.39 is 23.3 Å². The second-order valence-electron chi connectivity index (χ2n) is 8.25. The number of benzene rings is 3. The number of carbonyl (C=O) groups is 2. The van der Waals surface area contributed by atoms with Crippen molar-refractivity contribution in [3.8, 4) is 11.1 Å². The molecule has 2 unspecified atom stereocenters. The van der Waals surface area contributed by atoms with E-state index in [0.29, 0.717) is 29.7 Å². The number of carboxylic acids is 1. The summed E-state index contributed by atoms with van der Waals surface area (Å²) in [4.78, 5) is 24.1. The van der Waals surface area contributed by atoms with Gasteiger partial charge in [-0.25, -0.2) is 4.39 Å². The molecule has 0 aromatic heterocycles. The predicted octanol–water partition coefficient (Wildman–Crippen LogP) is 4.75. The van der Waals surface area contributed by atoms with Crippen LogP contribution in [0, 0.1) is 11.7 Å². The van der Waals surface area contributed by atoms with E-state index >= 15 is 0 Å². The van der Waals surface area contributed by atoms with Gasteiger partial charge in [-0.05, 0) is 48.1 Å². The zero-order valence-electron chi connectivity index (χ0n) is 17.4. The monoisotopic (exact) mass is 433 g/mol. The lowest BCUT2D eigenvalue weighted by molar-refractivity contribution is -0.142. The van der Waals surface area contributed by atoms with Crippen LogP contribution in [0.5, 0.6) is 0 Å². The molecule has 1 aliphatic rings. The minimum atomic E-state index is -1.27. The van der Waals surface area contributed by atoms with Crippen molar-refractivity contribution in [2.75, 3.05) is 5.32 Å². The number of rotatable bonds is 6. The van der Waals surface area contributed by atoms with E-state index in [1.807, 2.05) is 36.4 Å². The largest absolute Gasteiger partial charge is 0.481 e. The van der Waals surface area contributed by atoms with Crippen molar-refractivity contribution in [1.82, 2.24) is 0 Å².